The number of hydrogen-bond donors (Lipinski definition) is 1. The lowest BCUT2D eigenvalue weighted by atomic mass is 10.1. The molecule has 1 aliphatic rings. The Morgan fingerprint density at radius 3 is 2.52 bits per heavy atom. The first kappa shape index (κ1) is 17.2. The summed E-state index contributed by atoms with van der Waals surface area (Å²) in [4.78, 5) is 14.8. The van der Waals surface area contributed by atoms with Crippen molar-refractivity contribution in [2.24, 2.45) is 0 Å². The first-order valence-electron chi connectivity index (χ1n) is 9.05. The Morgan fingerprint density at radius 1 is 1.04 bits per heavy atom. The Kier molecular flexibility index (Phi) is 5.12. The minimum atomic E-state index is -0.0243. The highest BCUT2D eigenvalue weighted by molar-refractivity contribution is 6.07. The molecule has 0 saturated carbocycles. The summed E-state index contributed by atoms with van der Waals surface area (Å²) in [5.74, 6) is -0.0243. The number of benzene rings is 2. The van der Waals surface area contributed by atoms with Crippen LogP contribution in [0.15, 0.2) is 66.9 Å². The zero-order valence-electron chi connectivity index (χ0n) is 15.0. The Hall–Kier alpha value is -3.18. The molecule has 136 valence electrons. The van der Waals surface area contributed by atoms with Gasteiger partial charge in [-0.05, 0) is 36.4 Å². The number of ketones is 1. The largest absolute Gasteiger partial charge is 0.378 e. The van der Waals surface area contributed by atoms with Gasteiger partial charge in [0.15, 0.2) is 5.78 Å². The van der Waals surface area contributed by atoms with E-state index in [1.165, 1.54) is 0 Å². The van der Waals surface area contributed by atoms with Crippen LogP contribution in [0.1, 0.15) is 15.9 Å². The van der Waals surface area contributed by atoms with E-state index in [0.717, 1.165) is 48.8 Å². The maximum absolute atomic E-state index is 12.5. The van der Waals surface area contributed by atoms with Crippen LogP contribution in [0.5, 0.6) is 0 Å². The van der Waals surface area contributed by atoms with E-state index in [0.29, 0.717) is 5.56 Å². The number of carbonyl (C=O) groups is 1. The molecular weight excluding hydrogens is 338 g/mol. The number of carbonyl (C=O) groups excluding carboxylic acids is 1. The van der Waals surface area contributed by atoms with E-state index in [4.69, 9.17) is 4.74 Å². The van der Waals surface area contributed by atoms with Crippen molar-refractivity contribution < 1.29 is 9.53 Å². The minimum Gasteiger partial charge on any atom is -0.378 e. The number of morpholine rings is 1. The highest BCUT2D eigenvalue weighted by Gasteiger charge is 2.12. The van der Waals surface area contributed by atoms with E-state index in [1.54, 1.807) is 12.3 Å². The normalized spacial score (nSPS) is 14.6. The molecule has 0 unspecified atom stereocenters. The molecule has 2 aromatic carbocycles. The van der Waals surface area contributed by atoms with Gasteiger partial charge in [0.1, 0.15) is 0 Å². The molecule has 0 amide bonds. The van der Waals surface area contributed by atoms with Gasteiger partial charge in [-0.1, -0.05) is 30.3 Å². The molecule has 0 bridgehead atoms. The van der Waals surface area contributed by atoms with Gasteiger partial charge in [0.25, 0.3) is 0 Å². The van der Waals surface area contributed by atoms with Crippen LogP contribution < -0.4 is 4.90 Å². The predicted octanol–water partition coefficient (Wildman–Crippen LogP) is 3.81. The number of aromatic amines is 1. The van der Waals surface area contributed by atoms with Gasteiger partial charge in [-0.2, -0.15) is 5.10 Å². The summed E-state index contributed by atoms with van der Waals surface area (Å²) in [7, 11) is 0. The number of ether oxygens (including phenoxy) is 1. The van der Waals surface area contributed by atoms with Crippen LogP contribution in [0.2, 0.25) is 0 Å². The summed E-state index contributed by atoms with van der Waals surface area (Å²) < 4.78 is 5.38. The van der Waals surface area contributed by atoms with Crippen LogP contribution in [0.4, 0.5) is 5.69 Å². The van der Waals surface area contributed by atoms with Crippen molar-refractivity contribution in [2.75, 3.05) is 31.2 Å². The molecule has 0 radical (unpaired) electrons. The molecule has 0 aliphatic carbocycles. The van der Waals surface area contributed by atoms with Crippen LogP contribution >= 0.6 is 0 Å². The van der Waals surface area contributed by atoms with Crippen LogP contribution in [-0.2, 0) is 4.74 Å². The van der Waals surface area contributed by atoms with Crippen molar-refractivity contribution in [3.8, 4) is 11.3 Å². The van der Waals surface area contributed by atoms with Crippen molar-refractivity contribution in [1.29, 1.82) is 0 Å². The molecule has 4 rings (SSSR count). The summed E-state index contributed by atoms with van der Waals surface area (Å²) in [6.07, 6.45) is 5.14. The van der Waals surface area contributed by atoms with Crippen molar-refractivity contribution in [1.82, 2.24) is 10.2 Å². The van der Waals surface area contributed by atoms with Gasteiger partial charge in [0.05, 0.1) is 25.1 Å². The second-order valence-electron chi connectivity index (χ2n) is 6.41. The minimum absolute atomic E-state index is 0.0243. The third-order valence-electron chi connectivity index (χ3n) is 4.67. The quantitative estimate of drug-likeness (QED) is 0.556. The molecule has 1 saturated heterocycles. The molecule has 2 heterocycles. The fourth-order valence-corrected chi connectivity index (χ4v) is 3.18. The SMILES string of the molecule is O=C(/C=C/c1cn[nH]c1-c1ccccc1)c1ccc(N2CCOCC2)cc1. The third kappa shape index (κ3) is 3.99. The first-order valence-corrected chi connectivity index (χ1v) is 9.05. The number of hydrogen-bond acceptors (Lipinski definition) is 4. The summed E-state index contributed by atoms with van der Waals surface area (Å²) in [6.45, 7) is 3.27. The topological polar surface area (TPSA) is 58.2 Å². The molecular formula is C22H21N3O2. The molecule has 1 aromatic heterocycles. The Bertz CT molecular complexity index is 924. The van der Waals surface area contributed by atoms with E-state index in [1.807, 2.05) is 60.7 Å². The summed E-state index contributed by atoms with van der Waals surface area (Å²) in [5, 5.41) is 7.11. The van der Waals surface area contributed by atoms with E-state index >= 15 is 0 Å². The first-order chi connectivity index (χ1) is 13.3. The number of H-pyrrole nitrogens is 1. The highest BCUT2D eigenvalue weighted by atomic mass is 16.5. The standard InChI is InChI=1S/C22H21N3O2/c26-21(17-6-9-20(10-7-17)25-12-14-27-15-13-25)11-8-19-16-23-24-22(19)18-4-2-1-3-5-18/h1-11,16H,12-15H2,(H,23,24)/b11-8+. The lowest BCUT2D eigenvalue weighted by molar-refractivity contribution is 0.104. The third-order valence-corrected chi connectivity index (χ3v) is 4.67. The number of nitrogens with zero attached hydrogens (tertiary/aromatic N) is 2. The van der Waals surface area contributed by atoms with Crippen LogP contribution in [0, 0.1) is 0 Å². The molecule has 0 spiro atoms. The van der Waals surface area contributed by atoms with Gasteiger partial charge in [-0.3, -0.25) is 9.89 Å². The molecule has 5 heteroatoms. The smallest absolute Gasteiger partial charge is 0.185 e. The Labute approximate surface area is 158 Å². The van der Waals surface area contributed by atoms with Gasteiger partial charge >= 0.3 is 0 Å². The maximum atomic E-state index is 12.5. The molecule has 0 atom stereocenters. The van der Waals surface area contributed by atoms with Crippen molar-refractivity contribution in [3.05, 3.63) is 78.0 Å². The summed E-state index contributed by atoms with van der Waals surface area (Å²) in [5.41, 5.74) is 4.63. The average molecular weight is 359 g/mol. The van der Waals surface area contributed by atoms with Gasteiger partial charge in [0, 0.05) is 35.5 Å². The fraction of sp³-hybridized carbons (Fsp3) is 0.182. The summed E-state index contributed by atoms with van der Waals surface area (Å²) >= 11 is 0. The Balaban J connectivity index is 1.47. The number of aromatic nitrogens is 2. The van der Waals surface area contributed by atoms with E-state index in [-0.39, 0.29) is 5.78 Å². The monoisotopic (exact) mass is 359 g/mol. The zero-order chi connectivity index (χ0) is 18.5. The van der Waals surface area contributed by atoms with E-state index in [9.17, 15) is 4.79 Å². The second kappa shape index (κ2) is 8.01. The van der Waals surface area contributed by atoms with Crippen LogP contribution in [0.25, 0.3) is 17.3 Å². The average Bonchev–Trinajstić information content (AvgIpc) is 3.22. The number of allylic oxidation sites excluding steroid dienone is 1. The maximum Gasteiger partial charge on any atom is 0.185 e. The lowest BCUT2D eigenvalue weighted by Crippen LogP contribution is -2.36. The highest BCUT2D eigenvalue weighted by Crippen LogP contribution is 2.22. The van der Waals surface area contributed by atoms with Gasteiger partial charge in [-0.15, -0.1) is 0 Å². The summed E-state index contributed by atoms with van der Waals surface area (Å²) in [6, 6.07) is 17.7. The number of rotatable bonds is 5. The predicted molar refractivity (Wildman–Crippen MR) is 107 cm³/mol. The van der Waals surface area contributed by atoms with Gasteiger partial charge < -0.3 is 9.64 Å². The molecule has 3 aromatic rings. The van der Waals surface area contributed by atoms with E-state index < -0.39 is 0 Å². The van der Waals surface area contributed by atoms with E-state index in [2.05, 4.69) is 15.1 Å². The van der Waals surface area contributed by atoms with Crippen molar-refractivity contribution in [2.45, 2.75) is 0 Å². The number of anilines is 1. The molecule has 27 heavy (non-hydrogen) atoms. The zero-order valence-corrected chi connectivity index (χ0v) is 15.0. The van der Waals surface area contributed by atoms with Crippen molar-refractivity contribution in [3.63, 3.8) is 0 Å². The lowest BCUT2D eigenvalue weighted by Gasteiger charge is -2.28. The molecule has 1 N–H and O–H groups in total. The second-order valence-corrected chi connectivity index (χ2v) is 6.41. The fourth-order valence-electron chi connectivity index (χ4n) is 3.18. The van der Waals surface area contributed by atoms with Gasteiger partial charge in [0.2, 0.25) is 0 Å². The van der Waals surface area contributed by atoms with Crippen LogP contribution in [0.3, 0.4) is 0 Å². The molecule has 1 fully saturated rings. The van der Waals surface area contributed by atoms with Crippen molar-refractivity contribution >= 4 is 17.5 Å². The number of nitrogens with one attached hydrogen (secondary N) is 1. The molecule has 5 nitrogen and oxygen atoms in total. The van der Waals surface area contributed by atoms with Gasteiger partial charge in [-0.25, -0.2) is 0 Å². The van der Waals surface area contributed by atoms with Crippen LogP contribution in [-0.4, -0.2) is 42.3 Å². The molecule has 1 aliphatic heterocycles. The Morgan fingerprint density at radius 2 is 1.78 bits per heavy atom.